The van der Waals surface area contributed by atoms with Crippen LogP contribution in [-0.2, 0) is 17.7 Å². The predicted octanol–water partition coefficient (Wildman–Crippen LogP) is 4.38. The van der Waals surface area contributed by atoms with Crippen LogP contribution in [-0.4, -0.2) is 44.1 Å². The fraction of sp³-hybridized carbons (Fsp3) is 0.267. The van der Waals surface area contributed by atoms with E-state index in [0.29, 0.717) is 24.2 Å². The van der Waals surface area contributed by atoms with E-state index in [0.717, 1.165) is 35.2 Å². The molecule has 200 valence electrons. The molecule has 4 rings (SSSR count). The van der Waals surface area contributed by atoms with Gasteiger partial charge >= 0.3 is 6.09 Å². The molecule has 2 aromatic carbocycles. The Morgan fingerprint density at radius 3 is 2.56 bits per heavy atom. The number of nitrogens with zero attached hydrogens (tertiary/aromatic N) is 3. The number of aryl methyl sites for hydroxylation is 1. The van der Waals surface area contributed by atoms with Crippen LogP contribution < -0.4 is 10.6 Å². The summed E-state index contributed by atoms with van der Waals surface area (Å²) >= 11 is 0. The summed E-state index contributed by atoms with van der Waals surface area (Å²) in [5.41, 5.74) is 4.28. The van der Waals surface area contributed by atoms with E-state index in [1.165, 1.54) is 0 Å². The average molecular weight is 525 g/mol. The van der Waals surface area contributed by atoms with Gasteiger partial charge < -0.3 is 15.4 Å². The Bertz CT molecular complexity index is 1440. The second-order valence-electron chi connectivity index (χ2n) is 9.95. The van der Waals surface area contributed by atoms with Crippen LogP contribution in [0, 0.1) is 11.8 Å². The molecule has 2 heterocycles. The third kappa shape index (κ3) is 8.33. The molecule has 4 aromatic rings. The summed E-state index contributed by atoms with van der Waals surface area (Å²) in [6, 6.07) is 14.8. The van der Waals surface area contributed by atoms with E-state index in [-0.39, 0.29) is 5.91 Å². The Kier molecular flexibility index (Phi) is 8.79. The topological polar surface area (TPSA) is 114 Å². The van der Waals surface area contributed by atoms with Gasteiger partial charge in [0, 0.05) is 42.8 Å². The van der Waals surface area contributed by atoms with Crippen molar-refractivity contribution in [2.75, 3.05) is 6.54 Å². The van der Waals surface area contributed by atoms with Crippen molar-refractivity contribution in [3.63, 3.8) is 0 Å². The standard InChI is InChI=1S/C30H32N6O3/c1-30(2,3)39-29(38)32-19-23-9-7-22(8-10-23)11-12-25-18-26(13-14-27(25)36-17-5-16-35-36)28(37)31-15-4-6-24-20-33-34-21-24/h5,7-10,13-14,16-18,20-21H,4,6,15,19H2,1-3H3,(H,31,37)(H,32,38)(H,33,34). The number of benzene rings is 2. The molecule has 0 unspecified atom stereocenters. The van der Waals surface area contributed by atoms with Crippen LogP contribution in [0.1, 0.15) is 59.8 Å². The van der Waals surface area contributed by atoms with Gasteiger partial charge in [-0.1, -0.05) is 24.0 Å². The van der Waals surface area contributed by atoms with Crippen LogP contribution in [0.4, 0.5) is 4.79 Å². The van der Waals surface area contributed by atoms with Crippen LogP contribution in [0.2, 0.25) is 0 Å². The molecule has 0 saturated carbocycles. The third-order valence-corrected chi connectivity index (χ3v) is 5.62. The maximum atomic E-state index is 12.8. The molecule has 39 heavy (non-hydrogen) atoms. The zero-order valence-electron chi connectivity index (χ0n) is 22.3. The maximum Gasteiger partial charge on any atom is 0.407 e. The largest absolute Gasteiger partial charge is 0.444 e. The fourth-order valence-corrected chi connectivity index (χ4v) is 3.73. The predicted molar refractivity (Wildman–Crippen MR) is 148 cm³/mol. The van der Waals surface area contributed by atoms with Gasteiger partial charge in [-0.2, -0.15) is 10.2 Å². The second kappa shape index (κ2) is 12.6. The van der Waals surface area contributed by atoms with E-state index in [9.17, 15) is 9.59 Å². The number of alkyl carbamates (subject to hydrolysis) is 1. The smallest absolute Gasteiger partial charge is 0.407 e. The lowest BCUT2D eigenvalue weighted by atomic mass is 10.1. The Labute approximate surface area is 228 Å². The molecule has 0 aliphatic carbocycles. The van der Waals surface area contributed by atoms with Gasteiger partial charge in [0.25, 0.3) is 5.91 Å². The lowest BCUT2D eigenvalue weighted by Gasteiger charge is -2.19. The first-order valence-corrected chi connectivity index (χ1v) is 12.7. The van der Waals surface area contributed by atoms with Crippen LogP contribution in [0.25, 0.3) is 5.69 Å². The summed E-state index contributed by atoms with van der Waals surface area (Å²) in [4.78, 5) is 24.7. The molecule has 0 spiro atoms. The van der Waals surface area contributed by atoms with E-state index < -0.39 is 11.7 Å². The molecule has 0 bridgehead atoms. The number of aromatic amines is 1. The van der Waals surface area contributed by atoms with Gasteiger partial charge in [0.15, 0.2) is 0 Å². The lowest BCUT2D eigenvalue weighted by Crippen LogP contribution is -2.32. The van der Waals surface area contributed by atoms with Crippen LogP contribution in [0.5, 0.6) is 0 Å². The van der Waals surface area contributed by atoms with E-state index in [1.54, 1.807) is 29.2 Å². The zero-order valence-corrected chi connectivity index (χ0v) is 22.3. The van der Waals surface area contributed by atoms with Crippen LogP contribution in [0.3, 0.4) is 0 Å². The molecule has 0 aliphatic heterocycles. The van der Waals surface area contributed by atoms with Gasteiger partial charge in [0.2, 0.25) is 0 Å². The number of hydrogen-bond acceptors (Lipinski definition) is 5. The van der Waals surface area contributed by atoms with Crippen molar-refractivity contribution in [3.8, 4) is 17.5 Å². The highest BCUT2D eigenvalue weighted by molar-refractivity contribution is 5.95. The minimum Gasteiger partial charge on any atom is -0.444 e. The molecule has 9 heteroatoms. The number of carbonyl (C=O) groups excluding carboxylic acids is 2. The molecule has 0 aliphatic rings. The summed E-state index contributed by atoms with van der Waals surface area (Å²) in [6.45, 7) is 6.38. The molecule has 0 radical (unpaired) electrons. The van der Waals surface area contributed by atoms with Crippen molar-refractivity contribution in [1.82, 2.24) is 30.6 Å². The highest BCUT2D eigenvalue weighted by atomic mass is 16.6. The summed E-state index contributed by atoms with van der Waals surface area (Å²) in [5.74, 6) is 6.23. The average Bonchev–Trinajstić information content (AvgIpc) is 3.63. The highest BCUT2D eigenvalue weighted by Crippen LogP contribution is 2.16. The summed E-state index contributed by atoms with van der Waals surface area (Å²) in [5, 5.41) is 16.8. The molecule has 2 aromatic heterocycles. The highest BCUT2D eigenvalue weighted by Gasteiger charge is 2.15. The maximum absolute atomic E-state index is 12.8. The molecular weight excluding hydrogens is 492 g/mol. The minimum atomic E-state index is -0.544. The fourth-order valence-electron chi connectivity index (χ4n) is 3.73. The molecule has 3 N–H and O–H groups in total. The number of ether oxygens (including phenoxy) is 1. The Balaban J connectivity index is 1.43. The summed E-state index contributed by atoms with van der Waals surface area (Å²) in [6.07, 6.45) is 8.36. The minimum absolute atomic E-state index is 0.154. The number of aromatic nitrogens is 4. The summed E-state index contributed by atoms with van der Waals surface area (Å²) < 4.78 is 6.99. The number of H-pyrrole nitrogens is 1. The van der Waals surface area contributed by atoms with Gasteiger partial charge in [-0.15, -0.1) is 0 Å². The van der Waals surface area contributed by atoms with Crippen molar-refractivity contribution in [2.24, 2.45) is 0 Å². The number of amides is 2. The van der Waals surface area contributed by atoms with Crippen molar-refractivity contribution in [1.29, 1.82) is 0 Å². The monoisotopic (exact) mass is 524 g/mol. The molecule has 0 atom stereocenters. The Hall–Kier alpha value is -4.84. The number of rotatable bonds is 8. The first-order valence-electron chi connectivity index (χ1n) is 12.7. The van der Waals surface area contributed by atoms with Crippen molar-refractivity contribution < 1.29 is 14.3 Å². The number of hydrogen-bond donors (Lipinski definition) is 3. The van der Waals surface area contributed by atoms with Crippen LogP contribution in [0.15, 0.2) is 73.3 Å². The Morgan fingerprint density at radius 1 is 1.05 bits per heavy atom. The van der Waals surface area contributed by atoms with Gasteiger partial charge in [-0.3, -0.25) is 9.89 Å². The normalized spacial score (nSPS) is 10.8. The first-order chi connectivity index (χ1) is 18.8. The third-order valence-electron chi connectivity index (χ3n) is 5.62. The number of nitrogens with one attached hydrogen (secondary N) is 3. The van der Waals surface area contributed by atoms with E-state index >= 15 is 0 Å². The van der Waals surface area contributed by atoms with Gasteiger partial charge in [-0.05, 0) is 81.1 Å². The lowest BCUT2D eigenvalue weighted by molar-refractivity contribution is 0.0523. The van der Waals surface area contributed by atoms with E-state index in [2.05, 4.69) is 37.8 Å². The number of carbonyl (C=O) groups is 2. The quantitative estimate of drug-likeness (QED) is 0.234. The molecule has 9 nitrogen and oxygen atoms in total. The first kappa shape index (κ1) is 27.2. The van der Waals surface area contributed by atoms with Crippen molar-refractivity contribution >= 4 is 12.0 Å². The van der Waals surface area contributed by atoms with Gasteiger partial charge in [-0.25, -0.2) is 9.48 Å². The Morgan fingerprint density at radius 2 is 1.87 bits per heavy atom. The zero-order chi connectivity index (χ0) is 27.7. The molecular formula is C30H32N6O3. The van der Waals surface area contributed by atoms with Gasteiger partial charge in [0.1, 0.15) is 5.60 Å². The van der Waals surface area contributed by atoms with E-state index in [1.807, 2.05) is 69.6 Å². The molecule has 0 fully saturated rings. The SMILES string of the molecule is CC(C)(C)OC(=O)NCc1ccc(C#Cc2cc(C(=O)NCCCc3cn[nH]c3)ccc2-n2cccn2)cc1. The second-order valence-corrected chi connectivity index (χ2v) is 9.95. The van der Waals surface area contributed by atoms with Crippen molar-refractivity contribution in [2.45, 2.75) is 45.8 Å². The van der Waals surface area contributed by atoms with E-state index in [4.69, 9.17) is 4.74 Å². The molecule has 0 saturated heterocycles. The van der Waals surface area contributed by atoms with Gasteiger partial charge in [0.05, 0.1) is 17.4 Å². The molecule has 2 amide bonds. The van der Waals surface area contributed by atoms with Crippen molar-refractivity contribution in [3.05, 3.63) is 101 Å². The van der Waals surface area contributed by atoms with Crippen LogP contribution >= 0.6 is 0 Å². The summed E-state index contributed by atoms with van der Waals surface area (Å²) in [7, 11) is 0.